The smallest absolute Gasteiger partial charge is 0.354 e. The molecule has 3 aromatic heterocycles. The number of carboxylic acids is 1. The van der Waals surface area contributed by atoms with Gasteiger partial charge in [-0.1, -0.05) is 29.3 Å². The second kappa shape index (κ2) is 14.9. The average molecular weight is 787 g/mol. The molecule has 1 N–H and O–H groups in total. The van der Waals surface area contributed by atoms with Crippen LogP contribution in [0.15, 0.2) is 42.5 Å². The Morgan fingerprint density at radius 3 is 2.29 bits per heavy atom. The Kier molecular flexibility index (Phi) is 10.4. The molecule has 1 aliphatic heterocycles. The number of benzene rings is 3. The van der Waals surface area contributed by atoms with Gasteiger partial charge < -0.3 is 33.4 Å². The van der Waals surface area contributed by atoms with E-state index >= 15 is 4.79 Å². The van der Waals surface area contributed by atoms with Gasteiger partial charge in [0.05, 0.1) is 40.7 Å². The molecule has 0 bridgehead atoms. The summed E-state index contributed by atoms with van der Waals surface area (Å²) in [7, 11) is 5.21. The lowest BCUT2D eigenvalue weighted by Crippen LogP contribution is -2.43. The van der Waals surface area contributed by atoms with Crippen LogP contribution in [0.25, 0.3) is 32.9 Å². The van der Waals surface area contributed by atoms with E-state index in [0.717, 1.165) is 60.9 Å². The number of fused-ring (bicyclic) bond motifs is 4. The van der Waals surface area contributed by atoms with Crippen molar-refractivity contribution in [3.05, 3.63) is 92.0 Å². The molecule has 0 aliphatic carbocycles. The van der Waals surface area contributed by atoms with Crippen molar-refractivity contribution < 1.29 is 28.9 Å². The lowest BCUT2D eigenvalue weighted by molar-refractivity contribution is 0.0687. The summed E-state index contributed by atoms with van der Waals surface area (Å²) in [6.45, 7) is 11.3. The number of halogens is 2. The second-order valence-electron chi connectivity index (χ2n) is 14.4. The molecule has 0 fully saturated rings. The SMILES string of the molecule is COCCOc1ccc2c(c1)c(N1C[C@@H](C)n3c(c(CCCOc4cc(C)c(Cl)c(C)c4)c4ccc(Cl)c(-c5c(C)nn(C)c5C)c43)C1=O)c(C(=O)O)n2C. The van der Waals surface area contributed by atoms with Gasteiger partial charge in [-0.15, -0.1) is 0 Å². The van der Waals surface area contributed by atoms with Crippen LogP contribution in [0.2, 0.25) is 10.0 Å². The van der Waals surface area contributed by atoms with Crippen LogP contribution in [-0.4, -0.2) is 69.4 Å². The van der Waals surface area contributed by atoms with Gasteiger partial charge in [-0.05, 0) is 101 Å². The molecule has 1 atom stereocenters. The van der Waals surface area contributed by atoms with Crippen LogP contribution in [-0.2, 0) is 25.3 Å². The molecule has 6 aromatic rings. The summed E-state index contributed by atoms with van der Waals surface area (Å²) in [5.74, 6) is -0.146. The third kappa shape index (κ3) is 6.51. The van der Waals surface area contributed by atoms with Crippen molar-refractivity contribution in [3.63, 3.8) is 0 Å². The molecule has 0 unspecified atom stereocenters. The number of carboxylic acid groups (broad SMARTS) is 1. The normalized spacial score (nSPS) is 14.3. The highest BCUT2D eigenvalue weighted by atomic mass is 35.5. The van der Waals surface area contributed by atoms with Gasteiger partial charge in [0.25, 0.3) is 5.91 Å². The molecular weight excluding hydrogens is 741 g/mol. The number of ether oxygens (including phenoxy) is 3. The molecule has 3 aromatic carbocycles. The summed E-state index contributed by atoms with van der Waals surface area (Å²) in [6, 6.07) is 12.9. The Hall–Kier alpha value is -4.97. The Morgan fingerprint density at radius 2 is 1.64 bits per heavy atom. The summed E-state index contributed by atoms with van der Waals surface area (Å²) in [5, 5.41) is 18.1. The van der Waals surface area contributed by atoms with Crippen LogP contribution < -0.4 is 14.4 Å². The van der Waals surface area contributed by atoms with Crippen LogP contribution in [0.1, 0.15) is 68.4 Å². The Bertz CT molecular complexity index is 2490. The minimum atomic E-state index is -1.14. The summed E-state index contributed by atoms with van der Waals surface area (Å²) in [5.41, 5.74) is 8.62. The van der Waals surface area contributed by atoms with Crippen molar-refractivity contribution in [1.29, 1.82) is 0 Å². The first kappa shape index (κ1) is 38.3. The molecule has 11 nitrogen and oxygen atoms in total. The quantitative estimate of drug-likeness (QED) is 0.123. The van der Waals surface area contributed by atoms with Gasteiger partial charge in [0.1, 0.15) is 23.8 Å². The van der Waals surface area contributed by atoms with E-state index in [9.17, 15) is 9.90 Å². The van der Waals surface area contributed by atoms with Crippen molar-refractivity contribution in [2.24, 2.45) is 14.1 Å². The van der Waals surface area contributed by atoms with E-state index in [4.69, 9.17) is 42.5 Å². The lowest BCUT2D eigenvalue weighted by Gasteiger charge is -2.34. The predicted molar refractivity (Wildman–Crippen MR) is 217 cm³/mol. The van der Waals surface area contributed by atoms with Gasteiger partial charge in [-0.3, -0.25) is 9.48 Å². The molecule has 7 rings (SSSR count). The third-order valence-corrected chi connectivity index (χ3v) is 11.6. The lowest BCUT2D eigenvalue weighted by atomic mass is 9.98. The fourth-order valence-corrected chi connectivity index (χ4v) is 8.53. The summed E-state index contributed by atoms with van der Waals surface area (Å²) in [4.78, 5) is 29.9. The number of rotatable bonds is 12. The molecule has 1 amide bonds. The zero-order valence-electron chi connectivity index (χ0n) is 32.3. The van der Waals surface area contributed by atoms with Crippen molar-refractivity contribution in [2.45, 2.75) is 53.5 Å². The first-order chi connectivity index (χ1) is 26.2. The highest BCUT2D eigenvalue weighted by molar-refractivity contribution is 6.35. The zero-order chi connectivity index (χ0) is 39.5. The Labute approximate surface area is 329 Å². The number of carbonyl (C=O) groups is 2. The Balaban J connectivity index is 1.39. The number of aromatic nitrogens is 4. The molecule has 0 saturated carbocycles. The average Bonchev–Trinajstić information content (AvgIpc) is 3.72. The highest BCUT2D eigenvalue weighted by Gasteiger charge is 2.39. The minimum Gasteiger partial charge on any atom is -0.494 e. The van der Waals surface area contributed by atoms with E-state index in [1.54, 1.807) is 35.8 Å². The maximum atomic E-state index is 15.3. The number of aromatic carboxylic acids is 1. The largest absolute Gasteiger partial charge is 0.494 e. The number of carbonyl (C=O) groups excluding carboxylic acids is 1. The van der Waals surface area contributed by atoms with E-state index in [1.807, 2.05) is 69.8 Å². The van der Waals surface area contributed by atoms with E-state index in [-0.39, 0.29) is 24.2 Å². The van der Waals surface area contributed by atoms with E-state index in [2.05, 4.69) is 11.5 Å². The highest BCUT2D eigenvalue weighted by Crippen LogP contribution is 2.46. The van der Waals surface area contributed by atoms with Crippen LogP contribution in [0.3, 0.4) is 0 Å². The van der Waals surface area contributed by atoms with Crippen molar-refractivity contribution in [1.82, 2.24) is 18.9 Å². The fraction of sp³-hybridized carbons (Fsp3) is 0.357. The Morgan fingerprint density at radius 1 is 0.927 bits per heavy atom. The van der Waals surface area contributed by atoms with Crippen molar-refractivity contribution in [3.8, 4) is 22.6 Å². The molecule has 0 saturated heterocycles. The summed E-state index contributed by atoms with van der Waals surface area (Å²) >= 11 is 13.5. The van der Waals surface area contributed by atoms with Gasteiger partial charge in [0.2, 0.25) is 0 Å². The number of hydrogen-bond donors (Lipinski definition) is 1. The topological polar surface area (TPSA) is 113 Å². The molecule has 288 valence electrons. The van der Waals surface area contributed by atoms with Crippen molar-refractivity contribution >= 4 is 62.6 Å². The number of hydrogen-bond acceptors (Lipinski definition) is 6. The van der Waals surface area contributed by atoms with Crippen molar-refractivity contribution in [2.75, 3.05) is 38.4 Å². The first-order valence-corrected chi connectivity index (χ1v) is 19.0. The maximum Gasteiger partial charge on any atom is 0.354 e. The number of aryl methyl sites for hydroxylation is 6. The van der Waals surface area contributed by atoms with E-state index < -0.39 is 5.97 Å². The predicted octanol–water partition coefficient (Wildman–Crippen LogP) is 9.03. The zero-order valence-corrected chi connectivity index (χ0v) is 33.9. The molecular formula is C42H45Cl2N5O6. The van der Waals surface area contributed by atoms with Gasteiger partial charge in [-0.2, -0.15) is 5.10 Å². The molecule has 55 heavy (non-hydrogen) atoms. The minimum absolute atomic E-state index is 0.0167. The summed E-state index contributed by atoms with van der Waals surface area (Å²) < 4.78 is 22.9. The molecule has 0 radical (unpaired) electrons. The van der Waals surface area contributed by atoms with Gasteiger partial charge >= 0.3 is 5.97 Å². The maximum absolute atomic E-state index is 15.3. The monoisotopic (exact) mass is 785 g/mol. The standard InChI is InChI=1S/C42H45Cl2N5O6/c1-22-18-28(19-23(2)36(22)44)54-15-9-10-29-30-12-13-32(43)35(34-25(4)45-47(7)26(34)5)37(30)49-24(3)21-48(41(50)39(29)49)38-31-20-27(55-17-16-53-8)11-14-33(31)46(6)40(38)42(51)52/h11-14,18-20,24H,9-10,15-17,21H2,1-8H3,(H,51,52)/t24-/m1/s1. The van der Waals surface area contributed by atoms with Crippen LogP contribution >= 0.6 is 23.2 Å². The van der Waals surface area contributed by atoms with Gasteiger partial charge in [-0.25, -0.2) is 4.79 Å². The molecule has 0 spiro atoms. The van der Waals surface area contributed by atoms with E-state index in [1.165, 1.54) is 0 Å². The van der Waals surface area contributed by atoms with Crippen LogP contribution in [0.5, 0.6) is 11.5 Å². The number of methoxy groups -OCH3 is 1. The molecule has 4 heterocycles. The van der Waals surface area contributed by atoms with E-state index in [0.29, 0.717) is 65.7 Å². The third-order valence-electron chi connectivity index (χ3n) is 10.7. The number of nitrogens with zero attached hydrogens (tertiary/aromatic N) is 5. The van der Waals surface area contributed by atoms with Crippen LogP contribution in [0.4, 0.5) is 5.69 Å². The van der Waals surface area contributed by atoms with Gasteiger partial charge in [0, 0.05) is 66.4 Å². The number of amides is 1. The second-order valence-corrected chi connectivity index (χ2v) is 15.1. The number of anilines is 1. The summed E-state index contributed by atoms with van der Waals surface area (Å²) in [6.07, 6.45) is 1.12. The molecule has 1 aliphatic rings. The molecule has 13 heteroatoms. The first-order valence-electron chi connectivity index (χ1n) is 18.3. The van der Waals surface area contributed by atoms with Gasteiger partial charge in [0.15, 0.2) is 5.69 Å². The van der Waals surface area contributed by atoms with Crippen LogP contribution in [0, 0.1) is 27.7 Å². The fourth-order valence-electron chi connectivity index (χ4n) is 8.18.